The molecule has 0 aliphatic carbocycles. The lowest BCUT2D eigenvalue weighted by molar-refractivity contribution is -0.232. The maximum atomic E-state index is 13.4. The number of nitrogens with two attached hydrogens (primary N) is 1. The molecular formula is C22H20F4N6O2. The molecule has 34 heavy (non-hydrogen) atoms. The highest BCUT2D eigenvalue weighted by Crippen LogP contribution is 2.34. The van der Waals surface area contributed by atoms with Crippen molar-refractivity contribution in [1.82, 2.24) is 21.1 Å². The van der Waals surface area contributed by atoms with Gasteiger partial charge in [-0.25, -0.2) is 14.9 Å². The zero-order valence-corrected chi connectivity index (χ0v) is 17.8. The summed E-state index contributed by atoms with van der Waals surface area (Å²) < 4.78 is 53.3. The highest BCUT2D eigenvalue weighted by atomic mass is 19.4. The number of fused-ring (bicyclic) bond motifs is 1. The van der Waals surface area contributed by atoms with E-state index in [9.17, 15) is 27.5 Å². The number of hydrogen-bond acceptors (Lipinski definition) is 7. The second-order valence-corrected chi connectivity index (χ2v) is 7.75. The maximum absolute atomic E-state index is 13.4. The molecule has 178 valence electrons. The third kappa shape index (κ3) is 4.24. The molecule has 0 bridgehead atoms. The number of aliphatic hydroxyl groups is 1. The lowest BCUT2D eigenvalue weighted by atomic mass is 9.98. The second-order valence-electron chi connectivity index (χ2n) is 7.75. The van der Waals surface area contributed by atoms with Gasteiger partial charge in [0.25, 0.3) is 5.91 Å². The Hall–Kier alpha value is -3.77. The van der Waals surface area contributed by atoms with Crippen LogP contribution >= 0.6 is 0 Å². The Morgan fingerprint density at radius 3 is 2.47 bits per heavy atom. The number of rotatable bonds is 6. The molecule has 1 unspecified atom stereocenters. The first-order valence-electron chi connectivity index (χ1n) is 10.2. The van der Waals surface area contributed by atoms with E-state index >= 15 is 0 Å². The molecule has 1 aliphatic heterocycles. The van der Waals surface area contributed by atoms with Crippen molar-refractivity contribution < 1.29 is 27.5 Å². The maximum Gasteiger partial charge on any atom is 0.424 e. The van der Waals surface area contributed by atoms with Crippen molar-refractivity contribution in [3.63, 3.8) is 0 Å². The number of hydrazine groups is 2. The molecule has 0 fully saturated rings. The molecule has 1 amide bonds. The minimum Gasteiger partial charge on any atom is -0.374 e. The fourth-order valence-electron chi connectivity index (χ4n) is 3.60. The summed E-state index contributed by atoms with van der Waals surface area (Å²) in [5.41, 5.74) is 9.43. The normalized spacial score (nSPS) is 16.0. The van der Waals surface area contributed by atoms with Crippen molar-refractivity contribution in [2.45, 2.75) is 31.7 Å². The van der Waals surface area contributed by atoms with Crippen LogP contribution in [0.5, 0.6) is 0 Å². The summed E-state index contributed by atoms with van der Waals surface area (Å²) in [6.07, 6.45) is -5.54. The van der Waals surface area contributed by atoms with Crippen LogP contribution in [0.25, 0.3) is 22.0 Å². The highest BCUT2D eigenvalue weighted by Gasteiger charge is 2.57. The number of primary amides is 1. The third-order valence-electron chi connectivity index (χ3n) is 5.52. The number of benzene rings is 2. The first-order chi connectivity index (χ1) is 16.0. The third-order valence-corrected chi connectivity index (χ3v) is 5.52. The van der Waals surface area contributed by atoms with E-state index in [-0.39, 0.29) is 12.2 Å². The molecule has 0 saturated carbocycles. The summed E-state index contributed by atoms with van der Waals surface area (Å²) >= 11 is 0. The van der Waals surface area contributed by atoms with Crippen molar-refractivity contribution in [2.75, 3.05) is 0 Å². The molecule has 2 aromatic carbocycles. The first kappa shape index (κ1) is 23.4. The molecule has 5 N–H and O–H groups in total. The van der Waals surface area contributed by atoms with E-state index in [1.165, 1.54) is 30.2 Å². The van der Waals surface area contributed by atoms with Gasteiger partial charge >= 0.3 is 6.18 Å². The topological polar surface area (TPSA) is 116 Å². The fraction of sp³-hybridized carbons (Fsp3) is 0.227. The minimum absolute atomic E-state index is 0.00482. The molecule has 4 rings (SSSR count). The van der Waals surface area contributed by atoms with Crippen LogP contribution in [-0.4, -0.2) is 38.7 Å². The van der Waals surface area contributed by atoms with E-state index in [0.29, 0.717) is 27.6 Å². The zero-order chi connectivity index (χ0) is 24.7. The van der Waals surface area contributed by atoms with E-state index in [0.717, 1.165) is 0 Å². The molecule has 3 aromatic rings. The standard InChI is InChI=1S/C22H20F4N6O2/c1-2-21(34,22(24,25)26)20-29-31-32(30-20)11-12-3-8-15-16(13-4-6-14(23)7-5-13)10-18(19(27)33)28-17(15)9-12/h3-10,31,34H,2,11H2,1H3,(H2,27,33)(H,29,30). The molecule has 1 aromatic heterocycles. The SMILES string of the molecule is CCC(O)(C1=NNN(Cc2ccc3c(-c4ccc(F)cc4)cc(C(N)=O)nc3c2)N1)C(F)(F)F. The van der Waals surface area contributed by atoms with Crippen LogP contribution in [0.3, 0.4) is 0 Å². The van der Waals surface area contributed by atoms with E-state index in [1.54, 1.807) is 30.3 Å². The number of aromatic nitrogens is 1. The Bertz CT molecular complexity index is 1280. The number of amidine groups is 1. The van der Waals surface area contributed by atoms with E-state index < -0.39 is 35.8 Å². The summed E-state index contributed by atoms with van der Waals surface area (Å²) in [7, 11) is 0. The number of halogens is 4. The van der Waals surface area contributed by atoms with Crippen LogP contribution in [0.2, 0.25) is 0 Å². The molecule has 0 radical (unpaired) electrons. The largest absolute Gasteiger partial charge is 0.424 e. The summed E-state index contributed by atoms with van der Waals surface area (Å²) in [6, 6.07) is 12.3. The van der Waals surface area contributed by atoms with E-state index in [1.807, 2.05) is 0 Å². The number of carbonyl (C=O) groups excluding carboxylic acids is 1. The van der Waals surface area contributed by atoms with Crippen molar-refractivity contribution >= 4 is 22.6 Å². The number of amides is 1. The van der Waals surface area contributed by atoms with E-state index in [2.05, 4.69) is 21.0 Å². The number of nitrogens with zero attached hydrogens (tertiary/aromatic N) is 3. The lowest BCUT2D eigenvalue weighted by Crippen LogP contribution is -2.57. The Balaban J connectivity index is 1.63. The van der Waals surface area contributed by atoms with Gasteiger partial charge in [-0.1, -0.05) is 31.2 Å². The Morgan fingerprint density at radius 1 is 1.15 bits per heavy atom. The molecule has 0 spiro atoms. The average molecular weight is 476 g/mol. The predicted octanol–water partition coefficient (Wildman–Crippen LogP) is 2.98. The van der Waals surface area contributed by atoms with Crippen molar-refractivity contribution in [1.29, 1.82) is 0 Å². The highest BCUT2D eigenvalue weighted by molar-refractivity contribution is 6.01. The molecule has 2 heterocycles. The van der Waals surface area contributed by atoms with Crippen LogP contribution in [0.1, 0.15) is 29.4 Å². The summed E-state index contributed by atoms with van der Waals surface area (Å²) in [5.74, 6) is -1.83. The number of hydrogen-bond donors (Lipinski definition) is 4. The number of carbonyl (C=O) groups is 1. The number of pyridine rings is 1. The van der Waals surface area contributed by atoms with E-state index in [4.69, 9.17) is 5.73 Å². The van der Waals surface area contributed by atoms with Crippen LogP contribution in [0.15, 0.2) is 53.6 Å². The Labute approximate surface area is 191 Å². The second kappa shape index (κ2) is 8.54. The van der Waals surface area contributed by atoms with Gasteiger partial charge in [0.1, 0.15) is 11.5 Å². The molecule has 1 atom stereocenters. The van der Waals surface area contributed by atoms with Gasteiger partial charge in [-0.2, -0.15) is 13.2 Å². The molecule has 1 aliphatic rings. The van der Waals surface area contributed by atoms with Crippen LogP contribution < -0.4 is 16.7 Å². The van der Waals surface area contributed by atoms with Gasteiger partial charge in [0.15, 0.2) is 5.84 Å². The molecule has 8 nitrogen and oxygen atoms in total. The van der Waals surface area contributed by atoms with Gasteiger partial charge in [0.05, 0.1) is 12.1 Å². The van der Waals surface area contributed by atoms with Crippen LogP contribution in [0.4, 0.5) is 17.6 Å². The fourth-order valence-corrected chi connectivity index (χ4v) is 3.60. The van der Waals surface area contributed by atoms with Gasteiger partial charge in [0, 0.05) is 5.39 Å². The quantitative estimate of drug-likeness (QED) is 0.407. The Kier molecular flexibility index (Phi) is 5.87. The summed E-state index contributed by atoms with van der Waals surface area (Å²) in [4.78, 5) is 16.1. The van der Waals surface area contributed by atoms with Crippen molar-refractivity contribution in [2.24, 2.45) is 10.8 Å². The van der Waals surface area contributed by atoms with Gasteiger partial charge in [-0.15, -0.1) is 10.2 Å². The van der Waals surface area contributed by atoms with Gasteiger partial charge < -0.3 is 10.8 Å². The van der Waals surface area contributed by atoms with Gasteiger partial charge in [-0.3, -0.25) is 10.2 Å². The predicted molar refractivity (Wildman–Crippen MR) is 116 cm³/mol. The number of alkyl halides is 3. The molecule has 12 heteroatoms. The lowest BCUT2D eigenvalue weighted by Gasteiger charge is -2.29. The van der Waals surface area contributed by atoms with Gasteiger partial charge in [0.2, 0.25) is 5.60 Å². The van der Waals surface area contributed by atoms with Crippen molar-refractivity contribution in [3.05, 3.63) is 65.6 Å². The van der Waals surface area contributed by atoms with Crippen LogP contribution in [0, 0.1) is 5.82 Å². The molecular weight excluding hydrogens is 456 g/mol. The van der Waals surface area contributed by atoms with Gasteiger partial charge in [-0.05, 0) is 47.4 Å². The number of hydrazone groups is 1. The first-order valence-corrected chi connectivity index (χ1v) is 10.2. The average Bonchev–Trinajstić information content (AvgIpc) is 3.26. The van der Waals surface area contributed by atoms with Crippen LogP contribution in [-0.2, 0) is 6.54 Å². The zero-order valence-electron chi connectivity index (χ0n) is 17.8. The monoisotopic (exact) mass is 476 g/mol. The Morgan fingerprint density at radius 2 is 1.85 bits per heavy atom. The summed E-state index contributed by atoms with van der Waals surface area (Å²) in [6.45, 7) is 1.24. The van der Waals surface area contributed by atoms with Crippen molar-refractivity contribution in [3.8, 4) is 11.1 Å². The minimum atomic E-state index is -4.92. The molecule has 0 saturated heterocycles. The smallest absolute Gasteiger partial charge is 0.374 e. The summed E-state index contributed by atoms with van der Waals surface area (Å²) in [5, 5.41) is 15.5. The number of nitrogens with one attached hydrogen (secondary N) is 2.